The van der Waals surface area contributed by atoms with Crippen LogP contribution in [0.2, 0.25) is 0 Å². The van der Waals surface area contributed by atoms with Gasteiger partial charge in [-0.1, -0.05) is 10.2 Å². The summed E-state index contributed by atoms with van der Waals surface area (Å²) in [6, 6.07) is 6.70. The number of carbonyl (C=O) groups is 1. The molecule has 0 unspecified atom stereocenters. The molecule has 0 spiro atoms. The van der Waals surface area contributed by atoms with Crippen LogP contribution in [0.3, 0.4) is 0 Å². The van der Waals surface area contributed by atoms with E-state index in [0.717, 1.165) is 0 Å². The lowest BCUT2D eigenvalue weighted by Gasteiger charge is -2.03. The van der Waals surface area contributed by atoms with Crippen molar-refractivity contribution in [1.29, 1.82) is 0 Å². The Balaban J connectivity index is 1.72. The van der Waals surface area contributed by atoms with Crippen molar-refractivity contribution in [2.45, 2.75) is 13.5 Å². The van der Waals surface area contributed by atoms with Gasteiger partial charge in [0.1, 0.15) is 12.2 Å². The van der Waals surface area contributed by atoms with Crippen LogP contribution in [-0.4, -0.2) is 47.3 Å². The average molecular weight is 343 g/mol. The Bertz CT molecular complexity index is 900. The summed E-state index contributed by atoms with van der Waals surface area (Å²) in [6.45, 7) is 2.25. The summed E-state index contributed by atoms with van der Waals surface area (Å²) in [6.07, 6.45) is 2.91. The Morgan fingerprint density at radius 2 is 2.08 bits per heavy atom. The van der Waals surface area contributed by atoms with Crippen LogP contribution in [0.25, 0.3) is 5.69 Å². The molecule has 0 N–H and O–H groups in total. The zero-order valence-electron chi connectivity index (χ0n) is 13.1. The lowest BCUT2D eigenvalue weighted by molar-refractivity contribution is -0.394. The smallest absolute Gasteiger partial charge is 0.462 e. The Kier molecular flexibility index (Phi) is 4.46. The first-order valence-electron chi connectivity index (χ1n) is 7.29. The largest absolute Gasteiger partial charge is 0.490 e. The molecule has 11 nitrogen and oxygen atoms in total. The number of nitro groups is 1. The van der Waals surface area contributed by atoms with Gasteiger partial charge in [-0.15, -0.1) is 5.10 Å². The molecule has 0 aliphatic heterocycles. The SMILES string of the molecule is CCOC(=O)c1ccc(-n2cc(Cn3cnc([N+](=O)[O-])n3)nn2)cc1. The molecule has 2 aromatic heterocycles. The molecule has 11 heteroatoms. The summed E-state index contributed by atoms with van der Waals surface area (Å²) in [4.78, 5) is 25.1. The summed E-state index contributed by atoms with van der Waals surface area (Å²) < 4.78 is 7.75. The van der Waals surface area contributed by atoms with E-state index in [9.17, 15) is 14.9 Å². The molecule has 3 rings (SSSR count). The maximum atomic E-state index is 11.6. The fourth-order valence-electron chi connectivity index (χ4n) is 2.07. The summed E-state index contributed by atoms with van der Waals surface area (Å²) in [5.74, 6) is -0.858. The van der Waals surface area contributed by atoms with E-state index in [1.807, 2.05) is 0 Å². The molecule has 0 amide bonds. The molecule has 0 radical (unpaired) electrons. The predicted molar refractivity (Wildman–Crippen MR) is 83.1 cm³/mol. The zero-order valence-corrected chi connectivity index (χ0v) is 13.1. The minimum atomic E-state index is -0.668. The fraction of sp³-hybridized carbons (Fsp3) is 0.214. The first-order chi connectivity index (χ1) is 12.1. The van der Waals surface area contributed by atoms with Crippen molar-refractivity contribution >= 4 is 11.9 Å². The van der Waals surface area contributed by atoms with E-state index in [4.69, 9.17) is 4.74 Å². The van der Waals surface area contributed by atoms with Crippen LogP contribution in [0.4, 0.5) is 5.95 Å². The van der Waals surface area contributed by atoms with Gasteiger partial charge in [0, 0.05) is 5.10 Å². The fourth-order valence-corrected chi connectivity index (χ4v) is 2.07. The monoisotopic (exact) mass is 343 g/mol. The Hall–Kier alpha value is -3.63. The third kappa shape index (κ3) is 3.65. The van der Waals surface area contributed by atoms with Gasteiger partial charge >= 0.3 is 11.9 Å². The van der Waals surface area contributed by atoms with Gasteiger partial charge < -0.3 is 14.9 Å². The molecule has 128 valence electrons. The van der Waals surface area contributed by atoms with Crippen molar-refractivity contribution in [1.82, 2.24) is 29.8 Å². The predicted octanol–water partition coefficient (Wildman–Crippen LogP) is 0.992. The minimum absolute atomic E-state index is 0.196. The molecule has 25 heavy (non-hydrogen) atoms. The van der Waals surface area contributed by atoms with Crippen LogP contribution in [0.1, 0.15) is 23.0 Å². The van der Waals surface area contributed by atoms with Crippen LogP contribution in [0.5, 0.6) is 0 Å². The third-order valence-electron chi connectivity index (χ3n) is 3.20. The maximum absolute atomic E-state index is 11.6. The number of carbonyl (C=O) groups excluding carboxylic acids is 1. The molecule has 0 saturated heterocycles. The van der Waals surface area contributed by atoms with Crippen LogP contribution in [0, 0.1) is 10.1 Å². The van der Waals surface area contributed by atoms with Crippen LogP contribution in [-0.2, 0) is 11.3 Å². The molecule has 1 aromatic carbocycles. The second-order valence-electron chi connectivity index (χ2n) is 4.92. The summed E-state index contributed by atoms with van der Waals surface area (Å²) in [5.41, 5.74) is 1.70. The molecule has 0 bridgehead atoms. The number of benzene rings is 1. The quantitative estimate of drug-likeness (QED) is 0.368. The topological polar surface area (TPSA) is 131 Å². The third-order valence-corrected chi connectivity index (χ3v) is 3.20. The van der Waals surface area contributed by atoms with E-state index in [1.165, 1.54) is 15.7 Å². The lowest BCUT2D eigenvalue weighted by atomic mass is 10.2. The van der Waals surface area contributed by atoms with Crippen molar-refractivity contribution in [3.05, 3.63) is 58.2 Å². The van der Waals surface area contributed by atoms with Crippen molar-refractivity contribution < 1.29 is 14.5 Å². The molecule has 0 saturated carbocycles. The van der Waals surface area contributed by atoms with Gasteiger partial charge in [0.15, 0.2) is 0 Å². The standard InChI is InChI=1S/C14H13N7O4/c1-2-25-13(22)10-3-5-12(6-4-10)20-8-11(16-18-20)7-19-9-15-14(17-19)21(23)24/h3-6,8-9H,2,7H2,1H3. The highest BCUT2D eigenvalue weighted by molar-refractivity contribution is 5.89. The molecule has 3 aromatic rings. The second-order valence-corrected chi connectivity index (χ2v) is 4.92. The second kappa shape index (κ2) is 6.86. The summed E-state index contributed by atoms with van der Waals surface area (Å²) >= 11 is 0. The Labute approximate surface area is 141 Å². The number of nitrogens with zero attached hydrogens (tertiary/aromatic N) is 7. The van der Waals surface area contributed by atoms with Gasteiger partial charge in [-0.05, 0) is 36.1 Å². The van der Waals surface area contributed by atoms with Crippen LogP contribution < -0.4 is 0 Å². The van der Waals surface area contributed by atoms with Crippen molar-refractivity contribution in [3.63, 3.8) is 0 Å². The van der Waals surface area contributed by atoms with Crippen molar-refractivity contribution in [2.24, 2.45) is 0 Å². The van der Waals surface area contributed by atoms with Gasteiger partial charge in [-0.2, -0.15) is 4.68 Å². The normalized spacial score (nSPS) is 10.6. The van der Waals surface area contributed by atoms with Gasteiger partial charge in [0.25, 0.3) is 0 Å². The van der Waals surface area contributed by atoms with E-state index in [1.54, 1.807) is 37.4 Å². The lowest BCUT2D eigenvalue weighted by Crippen LogP contribution is -2.05. The average Bonchev–Trinajstić information content (AvgIpc) is 3.25. The highest BCUT2D eigenvalue weighted by Crippen LogP contribution is 2.11. The van der Waals surface area contributed by atoms with Crippen molar-refractivity contribution in [2.75, 3.05) is 6.61 Å². The number of hydrogen-bond acceptors (Lipinski definition) is 8. The minimum Gasteiger partial charge on any atom is -0.462 e. The molecule has 2 heterocycles. The van der Waals surface area contributed by atoms with Gasteiger partial charge in [-0.3, -0.25) is 0 Å². The van der Waals surface area contributed by atoms with Gasteiger partial charge in [0.2, 0.25) is 6.33 Å². The highest BCUT2D eigenvalue weighted by atomic mass is 16.6. The highest BCUT2D eigenvalue weighted by Gasteiger charge is 2.14. The summed E-state index contributed by atoms with van der Waals surface area (Å²) in [7, 11) is 0. The first-order valence-corrected chi connectivity index (χ1v) is 7.29. The van der Waals surface area contributed by atoms with E-state index >= 15 is 0 Å². The first kappa shape index (κ1) is 16.2. The zero-order chi connectivity index (χ0) is 17.8. The van der Waals surface area contributed by atoms with Gasteiger partial charge in [0.05, 0.1) is 24.1 Å². The van der Waals surface area contributed by atoms with Crippen LogP contribution in [0.15, 0.2) is 36.8 Å². The van der Waals surface area contributed by atoms with E-state index < -0.39 is 10.9 Å². The molecule has 0 fully saturated rings. The number of aromatic nitrogens is 6. The molecule has 0 atom stereocenters. The number of rotatable bonds is 6. The van der Waals surface area contributed by atoms with Crippen molar-refractivity contribution in [3.8, 4) is 5.69 Å². The van der Waals surface area contributed by atoms with E-state index in [0.29, 0.717) is 23.6 Å². The van der Waals surface area contributed by atoms with E-state index in [-0.39, 0.29) is 12.5 Å². The maximum Gasteiger partial charge on any atom is 0.490 e. The number of ether oxygens (including phenoxy) is 1. The molecule has 0 aliphatic rings. The molecular formula is C14H13N7O4. The summed E-state index contributed by atoms with van der Waals surface area (Å²) in [5, 5.41) is 22.3. The number of esters is 1. The van der Waals surface area contributed by atoms with Crippen LogP contribution >= 0.6 is 0 Å². The van der Waals surface area contributed by atoms with Gasteiger partial charge in [-0.25, -0.2) is 9.48 Å². The molecular weight excluding hydrogens is 330 g/mol. The van der Waals surface area contributed by atoms with E-state index in [2.05, 4.69) is 20.4 Å². The number of hydrogen-bond donors (Lipinski definition) is 0. The Morgan fingerprint density at radius 1 is 1.32 bits per heavy atom. The Morgan fingerprint density at radius 3 is 2.72 bits per heavy atom. The molecule has 0 aliphatic carbocycles.